The zero-order valence-electron chi connectivity index (χ0n) is 20.0. The van der Waals surface area contributed by atoms with Gasteiger partial charge in [-0.1, -0.05) is 35.9 Å². The number of hydrogen-bond acceptors (Lipinski definition) is 6. The number of nitrogens with two attached hydrogens (primary N) is 1. The summed E-state index contributed by atoms with van der Waals surface area (Å²) in [6, 6.07) is 20.4. The first-order chi connectivity index (χ1) is 16.9. The van der Waals surface area contributed by atoms with Crippen LogP contribution in [0.2, 0.25) is 5.02 Å². The Labute approximate surface area is 211 Å². The van der Waals surface area contributed by atoms with Crippen LogP contribution in [0.15, 0.2) is 66.7 Å². The highest BCUT2D eigenvalue weighted by atomic mass is 35.5. The van der Waals surface area contributed by atoms with Gasteiger partial charge in [0.2, 0.25) is 5.91 Å². The molecule has 0 bridgehead atoms. The molecule has 0 aliphatic carbocycles. The molecule has 3 aromatic rings. The minimum atomic E-state index is -0.563. The number of halogens is 1. The van der Waals surface area contributed by atoms with E-state index in [0.29, 0.717) is 6.61 Å². The monoisotopic (exact) mass is 497 g/mol. The molecule has 35 heavy (non-hydrogen) atoms. The average Bonchev–Trinajstić information content (AvgIpc) is 2.87. The van der Waals surface area contributed by atoms with Gasteiger partial charge in [-0.2, -0.15) is 0 Å². The fourth-order valence-corrected chi connectivity index (χ4v) is 3.54. The first-order valence-electron chi connectivity index (χ1n) is 11.1. The van der Waals surface area contributed by atoms with E-state index < -0.39 is 5.91 Å². The van der Waals surface area contributed by atoms with Crippen molar-refractivity contribution in [3.63, 3.8) is 0 Å². The molecule has 4 N–H and O–H groups in total. The van der Waals surface area contributed by atoms with Gasteiger partial charge in [0.05, 0.1) is 5.02 Å². The molecule has 0 unspecified atom stereocenters. The van der Waals surface area contributed by atoms with Crippen molar-refractivity contribution in [3.8, 4) is 11.5 Å². The van der Waals surface area contributed by atoms with Crippen LogP contribution < -0.4 is 10.5 Å². The van der Waals surface area contributed by atoms with E-state index in [1.165, 1.54) is 35.5 Å². The van der Waals surface area contributed by atoms with E-state index in [4.69, 9.17) is 32.6 Å². The second-order valence-corrected chi connectivity index (χ2v) is 8.20. The predicted molar refractivity (Wildman–Crippen MR) is 140 cm³/mol. The quantitative estimate of drug-likeness (QED) is 0.433. The molecule has 0 fully saturated rings. The van der Waals surface area contributed by atoms with Crippen LogP contribution in [0.5, 0.6) is 11.5 Å². The van der Waals surface area contributed by atoms with Gasteiger partial charge in [0, 0.05) is 45.6 Å². The number of nitrogens with one attached hydrogen (secondary N) is 1. The Kier molecular flexibility index (Phi) is 11.8. The average molecular weight is 498 g/mol. The molecule has 3 aromatic carbocycles. The Morgan fingerprint density at radius 1 is 1.11 bits per heavy atom. The van der Waals surface area contributed by atoms with Gasteiger partial charge < -0.3 is 25.7 Å². The molecule has 1 heterocycles. The van der Waals surface area contributed by atoms with E-state index in [1.807, 2.05) is 24.3 Å². The molecule has 1 amide bonds. The zero-order valence-corrected chi connectivity index (χ0v) is 20.8. The highest BCUT2D eigenvalue weighted by Crippen LogP contribution is 2.23. The fraction of sp³-hybridized carbons (Fsp3) is 0.259. The molecule has 0 atom stereocenters. The number of hydrogen-bond donors (Lipinski definition) is 3. The lowest BCUT2D eigenvalue weighted by Crippen LogP contribution is -2.33. The number of methoxy groups -OCH3 is 1. The first kappa shape index (κ1) is 27.9. The summed E-state index contributed by atoms with van der Waals surface area (Å²) in [5.74, 6) is 0.251. The third-order valence-electron chi connectivity index (χ3n) is 5.16. The number of amides is 1. The Balaban J connectivity index is 0.000000260. The van der Waals surface area contributed by atoms with Gasteiger partial charge >= 0.3 is 0 Å². The van der Waals surface area contributed by atoms with Crippen molar-refractivity contribution in [3.05, 3.63) is 94.0 Å². The summed E-state index contributed by atoms with van der Waals surface area (Å²) < 4.78 is 10.0. The third-order valence-corrected chi connectivity index (χ3v) is 5.47. The molecule has 1 aliphatic rings. The Morgan fingerprint density at radius 2 is 1.77 bits per heavy atom. The van der Waals surface area contributed by atoms with Gasteiger partial charge in [-0.15, -0.1) is 0 Å². The fourth-order valence-electron chi connectivity index (χ4n) is 3.36. The molecule has 7 nitrogen and oxygen atoms in total. The molecule has 0 spiro atoms. The minimum Gasteiger partial charge on any atom is -0.506 e. The Hall–Kier alpha value is -3.39. The number of carbonyl (C=O) groups excluding carboxylic acids is 1. The maximum Gasteiger partial charge on any atom is 0.248 e. The summed E-state index contributed by atoms with van der Waals surface area (Å²) in [4.78, 5) is 13.0. The highest BCUT2D eigenvalue weighted by Gasteiger charge is 2.15. The molecule has 0 radical (unpaired) electrons. The van der Waals surface area contributed by atoms with Gasteiger partial charge in [0.15, 0.2) is 0 Å². The maximum absolute atomic E-state index is 10.5. The van der Waals surface area contributed by atoms with Gasteiger partial charge in [-0.05, 0) is 65.6 Å². The van der Waals surface area contributed by atoms with Gasteiger partial charge in [-0.25, -0.2) is 0 Å². The molecule has 186 valence electrons. The topological polar surface area (TPSA) is 109 Å². The van der Waals surface area contributed by atoms with Crippen molar-refractivity contribution in [1.29, 1.82) is 5.41 Å². The normalized spacial score (nSPS) is 12.2. The molecule has 1 aliphatic heterocycles. The lowest BCUT2D eigenvalue weighted by Gasteiger charge is -2.28. The van der Waals surface area contributed by atoms with Crippen LogP contribution in [0.25, 0.3) is 0 Å². The van der Waals surface area contributed by atoms with Gasteiger partial charge in [0.1, 0.15) is 18.1 Å². The predicted octanol–water partition coefficient (Wildman–Crippen LogP) is 4.53. The summed E-state index contributed by atoms with van der Waals surface area (Å²) in [6.07, 6.45) is 2.47. The smallest absolute Gasteiger partial charge is 0.248 e. The summed E-state index contributed by atoms with van der Waals surface area (Å²) >= 11 is 5.50. The largest absolute Gasteiger partial charge is 0.506 e. The minimum absolute atomic E-state index is 0.0586. The third kappa shape index (κ3) is 9.41. The van der Waals surface area contributed by atoms with Crippen LogP contribution in [0.3, 0.4) is 0 Å². The highest BCUT2D eigenvalue weighted by molar-refractivity contribution is 6.32. The SMILES string of the molecule is COC.N=Cc1ccc(OCCN2CCc3ccccc3C2)cc1.NC(=O)c1ccc(O)c(Cl)c1. The number of carbonyl (C=O) groups is 1. The van der Waals surface area contributed by atoms with Crippen LogP contribution in [-0.4, -0.2) is 56.0 Å². The lowest BCUT2D eigenvalue weighted by molar-refractivity contribution is 0.100. The molecule has 4 rings (SSSR count). The van der Waals surface area contributed by atoms with Crippen molar-refractivity contribution in [2.45, 2.75) is 13.0 Å². The number of phenolic OH excluding ortho intramolecular Hbond substituents is 1. The number of ether oxygens (including phenoxy) is 2. The number of benzene rings is 3. The van der Waals surface area contributed by atoms with Crippen molar-refractivity contribution in [2.24, 2.45) is 5.73 Å². The van der Waals surface area contributed by atoms with Gasteiger partial charge in [-0.3, -0.25) is 9.69 Å². The number of fused-ring (bicyclic) bond motifs is 1. The zero-order chi connectivity index (χ0) is 25.6. The molecular weight excluding hydrogens is 466 g/mol. The van der Waals surface area contributed by atoms with E-state index in [2.05, 4.69) is 33.9 Å². The molecule has 8 heteroatoms. The van der Waals surface area contributed by atoms with Crippen molar-refractivity contribution < 1.29 is 19.4 Å². The van der Waals surface area contributed by atoms with E-state index in [0.717, 1.165) is 37.4 Å². The van der Waals surface area contributed by atoms with Crippen LogP contribution in [0.1, 0.15) is 27.0 Å². The number of nitrogens with zero attached hydrogens (tertiary/aromatic N) is 1. The van der Waals surface area contributed by atoms with Crippen molar-refractivity contribution in [2.75, 3.05) is 33.9 Å². The number of rotatable bonds is 6. The Bertz CT molecular complexity index is 1090. The molecule has 0 aromatic heterocycles. The molecule has 0 saturated carbocycles. The van der Waals surface area contributed by atoms with E-state index in [-0.39, 0.29) is 16.3 Å². The van der Waals surface area contributed by atoms with Crippen LogP contribution in [-0.2, 0) is 17.7 Å². The van der Waals surface area contributed by atoms with E-state index in [1.54, 1.807) is 14.2 Å². The lowest BCUT2D eigenvalue weighted by atomic mass is 10.0. The summed E-state index contributed by atoms with van der Waals surface area (Å²) in [5, 5.41) is 16.2. The molecule has 0 saturated heterocycles. The number of primary amides is 1. The van der Waals surface area contributed by atoms with Crippen LogP contribution in [0.4, 0.5) is 0 Å². The standard InChI is InChI=1S/C18H20N2O.C7H6ClNO2.C2H6O/c19-13-15-5-7-18(8-6-15)21-12-11-20-10-9-16-3-1-2-4-17(16)14-20;8-5-3-4(7(9)11)1-2-6(5)10;1-3-2/h1-8,13,19H,9-12,14H2;1-3,10H,(H2,9,11);1-2H3. The summed E-state index contributed by atoms with van der Waals surface area (Å²) in [7, 11) is 3.25. The maximum atomic E-state index is 10.5. The van der Waals surface area contributed by atoms with Crippen LogP contribution in [0, 0.1) is 5.41 Å². The Morgan fingerprint density at radius 3 is 2.37 bits per heavy atom. The molecular formula is C27H32ClN3O4. The second-order valence-electron chi connectivity index (χ2n) is 7.80. The number of aromatic hydroxyl groups is 1. The van der Waals surface area contributed by atoms with Crippen LogP contribution >= 0.6 is 11.6 Å². The number of phenols is 1. The summed E-state index contributed by atoms with van der Waals surface area (Å²) in [5.41, 5.74) is 9.06. The van der Waals surface area contributed by atoms with Crippen molar-refractivity contribution in [1.82, 2.24) is 4.90 Å². The summed E-state index contributed by atoms with van der Waals surface area (Å²) in [6.45, 7) is 3.77. The van der Waals surface area contributed by atoms with E-state index in [9.17, 15) is 4.79 Å². The van der Waals surface area contributed by atoms with E-state index >= 15 is 0 Å². The van der Waals surface area contributed by atoms with Gasteiger partial charge in [0.25, 0.3) is 0 Å². The second kappa shape index (κ2) is 14.8. The van der Waals surface area contributed by atoms with Crippen molar-refractivity contribution >= 4 is 23.7 Å². The first-order valence-corrected chi connectivity index (χ1v) is 11.5.